The third-order valence-electron chi connectivity index (χ3n) is 3.26. The second kappa shape index (κ2) is 6.36. The fourth-order valence-corrected chi connectivity index (χ4v) is 2.50. The van der Waals surface area contributed by atoms with Crippen LogP contribution in [-0.4, -0.2) is 21.1 Å². The van der Waals surface area contributed by atoms with Crippen LogP contribution in [0, 0.1) is 0 Å². The predicted molar refractivity (Wildman–Crippen MR) is 86.4 cm³/mol. The van der Waals surface area contributed by atoms with E-state index in [9.17, 15) is 14.4 Å². The number of carbonyl (C=O) groups is 1. The minimum atomic E-state index is -0.513. The van der Waals surface area contributed by atoms with Crippen molar-refractivity contribution in [3.8, 4) is 0 Å². The Bertz CT molecular complexity index is 836. The first kappa shape index (κ1) is 16.3. The molecule has 1 amide bonds. The Morgan fingerprint density at radius 3 is 2.55 bits per heavy atom. The maximum Gasteiger partial charge on any atom is 0.331 e. The molecule has 0 aliphatic heterocycles. The first-order chi connectivity index (χ1) is 10.3. The van der Waals surface area contributed by atoms with Crippen LogP contribution in [0.15, 0.2) is 27.8 Å². The molecular weight excluding hydrogens is 306 g/mol. The van der Waals surface area contributed by atoms with Gasteiger partial charge in [-0.3, -0.25) is 18.7 Å². The van der Waals surface area contributed by atoms with Gasteiger partial charge in [0.25, 0.3) is 5.56 Å². The lowest BCUT2D eigenvalue weighted by molar-refractivity contribution is -0.122. The van der Waals surface area contributed by atoms with Gasteiger partial charge in [0.2, 0.25) is 5.91 Å². The lowest BCUT2D eigenvalue weighted by atomic mass is 10.2. The number of nitrogens with one attached hydrogen (secondary N) is 1. The monoisotopic (exact) mass is 323 g/mol. The maximum atomic E-state index is 12.5. The van der Waals surface area contributed by atoms with Crippen LogP contribution in [0.2, 0.25) is 5.02 Å². The lowest BCUT2D eigenvalue weighted by Crippen LogP contribution is -2.43. The topological polar surface area (TPSA) is 73.1 Å². The van der Waals surface area contributed by atoms with E-state index in [-0.39, 0.29) is 30.6 Å². The summed E-state index contributed by atoms with van der Waals surface area (Å²) in [6.45, 7) is 5.46. The van der Waals surface area contributed by atoms with E-state index in [1.54, 1.807) is 19.1 Å². The van der Waals surface area contributed by atoms with Crippen molar-refractivity contribution >= 4 is 28.4 Å². The van der Waals surface area contributed by atoms with Crippen LogP contribution in [0.3, 0.4) is 0 Å². The maximum absolute atomic E-state index is 12.5. The number of hydrogen-bond acceptors (Lipinski definition) is 3. The fourth-order valence-electron chi connectivity index (χ4n) is 2.33. The minimum absolute atomic E-state index is 0.0323. The predicted octanol–water partition coefficient (Wildman–Crippen LogP) is 1.36. The van der Waals surface area contributed by atoms with Gasteiger partial charge in [-0.2, -0.15) is 0 Å². The summed E-state index contributed by atoms with van der Waals surface area (Å²) < 4.78 is 2.39. The van der Waals surface area contributed by atoms with Gasteiger partial charge in [-0.15, -0.1) is 0 Å². The van der Waals surface area contributed by atoms with Crippen molar-refractivity contribution in [2.75, 3.05) is 0 Å². The van der Waals surface area contributed by atoms with Crippen molar-refractivity contribution in [1.82, 2.24) is 14.5 Å². The van der Waals surface area contributed by atoms with Gasteiger partial charge in [0.15, 0.2) is 0 Å². The molecule has 2 rings (SSSR count). The molecule has 7 heteroatoms. The second-order valence-corrected chi connectivity index (χ2v) is 5.74. The van der Waals surface area contributed by atoms with Crippen LogP contribution in [0.5, 0.6) is 0 Å². The summed E-state index contributed by atoms with van der Waals surface area (Å²) in [6.07, 6.45) is 0. The summed E-state index contributed by atoms with van der Waals surface area (Å²) in [5.41, 5.74) is -0.521. The van der Waals surface area contributed by atoms with Gasteiger partial charge in [-0.1, -0.05) is 11.6 Å². The van der Waals surface area contributed by atoms with Gasteiger partial charge < -0.3 is 5.32 Å². The van der Waals surface area contributed by atoms with Crippen molar-refractivity contribution in [2.24, 2.45) is 0 Å². The van der Waals surface area contributed by atoms with Crippen molar-refractivity contribution in [2.45, 2.75) is 39.9 Å². The highest BCUT2D eigenvalue weighted by Gasteiger charge is 2.15. The van der Waals surface area contributed by atoms with E-state index in [2.05, 4.69) is 5.32 Å². The van der Waals surface area contributed by atoms with Gasteiger partial charge in [-0.05, 0) is 39.0 Å². The highest BCUT2D eigenvalue weighted by molar-refractivity contribution is 6.31. The standard InChI is InChI=1S/C15H18ClN3O3/c1-4-18-14(21)11-6-5-10(16)7-12(11)19(15(18)22)8-13(20)17-9(2)3/h5-7,9H,4,8H2,1-3H3,(H,17,20). The molecule has 1 aromatic carbocycles. The molecule has 0 radical (unpaired) electrons. The van der Waals surface area contributed by atoms with E-state index in [0.29, 0.717) is 15.9 Å². The number of carbonyl (C=O) groups excluding carboxylic acids is 1. The molecule has 22 heavy (non-hydrogen) atoms. The molecule has 0 aliphatic carbocycles. The van der Waals surface area contributed by atoms with Gasteiger partial charge in [0.1, 0.15) is 6.54 Å². The third-order valence-corrected chi connectivity index (χ3v) is 3.49. The number of rotatable bonds is 4. The Labute approximate surface area is 132 Å². The zero-order chi connectivity index (χ0) is 16.4. The van der Waals surface area contributed by atoms with Gasteiger partial charge in [-0.25, -0.2) is 4.79 Å². The number of benzene rings is 1. The smallest absolute Gasteiger partial charge is 0.331 e. The molecule has 0 atom stereocenters. The first-order valence-corrected chi connectivity index (χ1v) is 7.45. The number of amides is 1. The average molecular weight is 324 g/mol. The summed E-state index contributed by atoms with van der Waals surface area (Å²) in [6, 6.07) is 4.66. The number of hydrogen-bond donors (Lipinski definition) is 1. The summed E-state index contributed by atoms with van der Waals surface area (Å²) in [5, 5.41) is 3.50. The van der Waals surface area contributed by atoms with Crippen molar-refractivity contribution < 1.29 is 4.79 Å². The Balaban J connectivity index is 2.70. The van der Waals surface area contributed by atoms with Gasteiger partial charge >= 0.3 is 5.69 Å². The summed E-state index contributed by atoms with van der Waals surface area (Å²) in [5.74, 6) is -0.292. The lowest BCUT2D eigenvalue weighted by Gasteiger charge is -2.14. The van der Waals surface area contributed by atoms with Crippen LogP contribution in [0.25, 0.3) is 10.9 Å². The van der Waals surface area contributed by atoms with Crippen LogP contribution in [0.4, 0.5) is 0 Å². The van der Waals surface area contributed by atoms with E-state index in [1.165, 1.54) is 10.6 Å². The normalized spacial score (nSPS) is 11.1. The molecule has 2 aromatic rings. The van der Waals surface area contributed by atoms with E-state index >= 15 is 0 Å². The summed E-state index contributed by atoms with van der Waals surface area (Å²) in [7, 11) is 0. The van der Waals surface area contributed by atoms with Crippen molar-refractivity contribution in [3.63, 3.8) is 0 Å². The average Bonchev–Trinajstić information content (AvgIpc) is 2.43. The van der Waals surface area contributed by atoms with Crippen LogP contribution in [0.1, 0.15) is 20.8 Å². The largest absolute Gasteiger partial charge is 0.352 e. The molecule has 0 spiro atoms. The molecule has 1 aromatic heterocycles. The highest BCUT2D eigenvalue weighted by Crippen LogP contribution is 2.15. The Hall–Kier alpha value is -2.08. The molecule has 0 saturated heterocycles. The van der Waals surface area contributed by atoms with Crippen LogP contribution >= 0.6 is 11.6 Å². The first-order valence-electron chi connectivity index (χ1n) is 7.07. The van der Waals surface area contributed by atoms with E-state index < -0.39 is 5.69 Å². The molecule has 118 valence electrons. The Kier molecular flexibility index (Phi) is 4.71. The molecule has 0 aliphatic rings. The zero-order valence-corrected chi connectivity index (χ0v) is 13.5. The molecular formula is C15H18ClN3O3. The summed E-state index contributed by atoms with van der Waals surface area (Å²) >= 11 is 5.97. The van der Waals surface area contributed by atoms with Crippen molar-refractivity contribution in [3.05, 3.63) is 44.1 Å². The Morgan fingerprint density at radius 2 is 1.95 bits per heavy atom. The van der Waals surface area contributed by atoms with E-state index in [0.717, 1.165) is 4.57 Å². The van der Waals surface area contributed by atoms with E-state index in [1.807, 2.05) is 13.8 Å². The third kappa shape index (κ3) is 3.06. The number of aromatic nitrogens is 2. The fraction of sp³-hybridized carbons (Fsp3) is 0.400. The van der Waals surface area contributed by atoms with Gasteiger partial charge in [0, 0.05) is 17.6 Å². The molecule has 0 saturated carbocycles. The molecule has 0 bridgehead atoms. The van der Waals surface area contributed by atoms with Crippen molar-refractivity contribution in [1.29, 1.82) is 0 Å². The molecule has 1 N–H and O–H groups in total. The van der Waals surface area contributed by atoms with Crippen LogP contribution < -0.4 is 16.6 Å². The second-order valence-electron chi connectivity index (χ2n) is 5.30. The number of halogens is 1. The number of nitrogens with zero attached hydrogens (tertiary/aromatic N) is 2. The molecule has 6 nitrogen and oxygen atoms in total. The number of fused-ring (bicyclic) bond motifs is 1. The van der Waals surface area contributed by atoms with E-state index in [4.69, 9.17) is 11.6 Å². The molecule has 0 fully saturated rings. The SMILES string of the molecule is CCn1c(=O)c2ccc(Cl)cc2n(CC(=O)NC(C)C)c1=O. The molecule has 1 heterocycles. The van der Waals surface area contributed by atoms with Gasteiger partial charge in [0.05, 0.1) is 10.9 Å². The Morgan fingerprint density at radius 1 is 1.27 bits per heavy atom. The quantitative estimate of drug-likeness (QED) is 0.923. The molecule has 0 unspecified atom stereocenters. The minimum Gasteiger partial charge on any atom is -0.352 e. The van der Waals surface area contributed by atoms with Crippen LogP contribution in [-0.2, 0) is 17.9 Å². The zero-order valence-electron chi connectivity index (χ0n) is 12.7. The highest BCUT2D eigenvalue weighted by atomic mass is 35.5. The summed E-state index contributed by atoms with van der Waals surface area (Å²) in [4.78, 5) is 36.8.